The van der Waals surface area contributed by atoms with Crippen LogP contribution >= 0.6 is 15.9 Å². The lowest BCUT2D eigenvalue weighted by Crippen LogP contribution is -2.12. The zero-order chi connectivity index (χ0) is 9.42. The van der Waals surface area contributed by atoms with Gasteiger partial charge in [-0.15, -0.1) is 0 Å². The largest absolute Gasteiger partial charge is 0.366 e. The van der Waals surface area contributed by atoms with E-state index in [1.54, 1.807) is 29.0 Å². The molecule has 0 bridgehead atoms. The van der Waals surface area contributed by atoms with E-state index in [0.29, 0.717) is 10.0 Å². The second-order valence-electron chi connectivity index (χ2n) is 2.57. The Kier molecular flexibility index (Phi) is 1.81. The molecule has 66 valence electrons. The number of rotatable bonds is 1. The van der Waals surface area contributed by atoms with Gasteiger partial charge in [0.25, 0.3) is 0 Å². The van der Waals surface area contributed by atoms with Crippen LogP contribution in [0.2, 0.25) is 0 Å². The van der Waals surface area contributed by atoms with E-state index in [4.69, 9.17) is 5.73 Å². The van der Waals surface area contributed by atoms with E-state index in [2.05, 4.69) is 21.0 Å². The maximum atomic E-state index is 10.9. The van der Waals surface area contributed by atoms with Crippen LogP contribution < -0.4 is 5.73 Å². The predicted molar refractivity (Wildman–Crippen MR) is 51.4 cm³/mol. The molecule has 0 aliphatic carbocycles. The molecule has 0 aliphatic rings. The Balaban J connectivity index is 2.80. The fourth-order valence-electron chi connectivity index (χ4n) is 1.15. The summed E-state index contributed by atoms with van der Waals surface area (Å²) in [5.41, 5.74) is 6.47. The topological polar surface area (TPSA) is 60.4 Å². The summed E-state index contributed by atoms with van der Waals surface area (Å²) < 4.78 is 2.34. The number of fused-ring (bicyclic) bond motifs is 1. The molecule has 2 aromatic heterocycles. The van der Waals surface area contributed by atoms with Crippen LogP contribution in [0.1, 0.15) is 10.4 Å². The number of nitrogens with zero attached hydrogens (tertiary/aromatic N) is 2. The average Bonchev–Trinajstić information content (AvgIpc) is 2.52. The first-order valence-corrected chi connectivity index (χ1v) is 4.41. The number of aromatic nitrogens is 2. The van der Waals surface area contributed by atoms with E-state index >= 15 is 0 Å². The lowest BCUT2D eigenvalue weighted by molar-refractivity contribution is 0.0999. The minimum atomic E-state index is -0.449. The molecule has 4 nitrogen and oxygen atoms in total. The van der Waals surface area contributed by atoms with Crippen LogP contribution in [0.5, 0.6) is 0 Å². The molecule has 0 fully saturated rings. The molecule has 0 saturated carbocycles. The summed E-state index contributed by atoms with van der Waals surface area (Å²) in [4.78, 5) is 10.9. The highest BCUT2D eigenvalue weighted by molar-refractivity contribution is 9.10. The number of carbonyl (C=O) groups is 1. The molecular formula is C8H6BrN3O. The summed E-state index contributed by atoms with van der Waals surface area (Å²) in [6.45, 7) is 0. The third-order valence-electron chi connectivity index (χ3n) is 1.78. The first kappa shape index (κ1) is 8.25. The van der Waals surface area contributed by atoms with Crippen molar-refractivity contribution in [2.75, 3.05) is 0 Å². The fraction of sp³-hybridized carbons (Fsp3) is 0. The van der Waals surface area contributed by atoms with Crippen molar-refractivity contribution < 1.29 is 4.79 Å². The lowest BCUT2D eigenvalue weighted by atomic mass is 10.2. The highest BCUT2D eigenvalue weighted by atomic mass is 79.9. The average molecular weight is 240 g/mol. The van der Waals surface area contributed by atoms with Crippen LogP contribution in [0, 0.1) is 0 Å². The monoisotopic (exact) mass is 239 g/mol. The number of hydrogen-bond acceptors (Lipinski definition) is 2. The number of amides is 1. The Hall–Kier alpha value is -1.36. The van der Waals surface area contributed by atoms with Crippen LogP contribution in [0.15, 0.2) is 29.0 Å². The molecule has 0 aliphatic heterocycles. The molecule has 0 unspecified atom stereocenters. The van der Waals surface area contributed by atoms with Crippen molar-refractivity contribution in [1.29, 1.82) is 0 Å². The summed E-state index contributed by atoms with van der Waals surface area (Å²) in [5.74, 6) is -0.449. The minimum Gasteiger partial charge on any atom is -0.366 e. The zero-order valence-corrected chi connectivity index (χ0v) is 8.15. The van der Waals surface area contributed by atoms with E-state index in [9.17, 15) is 4.79 Å². The summed E-state index contributed by atoms with van der Waals surface area (Å²) in [5, 5.41) is 4.01. The van der Waals surface area contributed by atoms with Crippen molar-refractivity contribution in [2.45, 2.75) is 0 Å². The van der Waals surface area contributed by atoms with Gasteiger partial charge in [0.2, 0.25) is 5.91 Å². The van der Waals surface area contributed by atoms with Gasteiger partial charge < -0.3 is 5.73 Å². The Bertz CT molecular complexity index is 477. The number of carbonyl (C=O) groups excluding carboxylic acids is 1. The van der Waals surface area contributed by atoms with Crippen molar-refractivity contribution in [3.8, 4) is 0 Å². The first-order valence-electron chi connectivity index (χ1n) is 3.62. The third-order valence-corrected chi connectivity index (χ3v) is 2.61. The highest BCUT2D eigenvalue weighted by Crippen LogP contribution is 2.21. The van der Waals surface area contributed by atoms with E-state index in [-0.39, 0.29) is 0 Å². The summed E-state index contributed by atoms with van der Waals surface area (Å²) in [7, 11) is 0. The molecule has 0 spiro atoms. The lowest BCUT2D eigenvalue weighted by Gasteiger charge is -2.01. The van der Waals surface area contributed by atoms with Crippen molar-refractivity contribution in [3.05, 3.63) is 34.6 Å². The quantitative estimate of drug-likeness (QED) is 0.813. The van der Waals surface area contributed by atoms with Gasteiger partial charge in [0.1, 0.15) is 0 Å². The molecule has 2 heterocycles. The smallest absolute Gasteiger partial charge is 0.249 e. The Labute approximate surface area is 82.5 Å². The first-order chi connectivity index (χ1) is 6.20. The van der Waals surface area contributed by atoms with Gasteiger partial charge in [0, 0.05) is 6.20 Å². The SMILES string of the molecule is NC(=O)c1ccn2nccc2c1Br. The van der Waals surface area contributed by atoms with E-state index in [1.807, 2.05) is 0 Å². The minimum absolute atomic E-state index is 0.449. The van der Waals surface area contributed by atoms with E-state index in [0.717, 1.165) is 5.52 Å². The second-order valence-corrected chi connectivity index (χ2v) is 3.36. The van der Waals surface area contributed by atoms with E-state index < -0.39 is 5.91 Å². The fourth-order valence-corrected chi connectivity index (χ4v) is 1.79. The standard InChI is InChI=1S/C8H6BrN3O/c9-7-5(8(10)13)2-4-12-6(7)1-3-11-12/h1-4H,(H2,10,13). The van der Waals surface area contributed by atoms with Crippen LogP contribution in [0.3, 0.4) is 0 Å². The van der Waals surface area contributed by atoms with Crippen LogP contribution in [0.4, 0.5) is 0 Å². The number of nitrogens with two attached hydrogens (primary N) is 1. The van der Waals surface area contributed by atoms with Crippen molar-refractivity contribution >= 4 is 27.4 Å². The third kappa shape index (κ3) is 1.21. The van der Waals surface area contributed by atoms with Gasteiger partial charge in [-0.1, -0.05) is 0 Å². The Morgan fingerprint density at radius 1 is 1.54 bits per heavy atom. The summed E-state index contributed by atoms with van der Waals surface area (Å²) >= 11 is 3.30. The Morgan fingerprint density at radius 3 is 3.00 bits per heavy atom. The van der Waals surface area contributed by atoms with Gasteiger partial charge in [-0.25, -0.2) is 4.52 Å². The number of hydrogen-bond donors (Lipinski definition) is 1. The molecule has 13 heavy (non-hydrogen) atoms. The molecule has 0 atom stereocenters. The highest BCUT2D eigenvalue weighted by Gasteiger charge is 2.09. The van der Waals surface area contributed by atoms with Crippen molar-refractivity contribution in [3.63, 3.8) is 0 Å². The summed E-state index contributed by atoms with van der Waals surface area (Å²) in [6, 6.07) is 3.43. The molecule has 1 amide bonds. The Morgan fingerprint density at radius 2 is 2.31 bits per heavy atom. The maximum Gasteiger partial charge on any atom is 0.249 e. The normalized spacial score (nSPS) is 10.5. The molecule has 0 aromatic carbocycles. The van der Waals surface area contributed by atoms with Crippen LogP contribution in [-0.2, 0) is 0 Å². The predicted octanol–water partition coefficient (Wildman–Crippen LogP) is 1.20. The van der Waals surface area contributed by atoms with Crippen molar-refractivity contribution in [1.82, 2.24) is 9.61 Å². The van der Waals surface area contributed by atoms with Crippen LogP contribution in [0.25, 0.3) is 5.52 Å². The van der Waals surface area contributed by atoms with Gasteiger partial charge in [-0.05, 0) is 28.1 Å². The molecule has 0 saturated heterocycles. The molecular weight excluding hydrogens is 234 g/mol. The zero-order valence-electron chi connectivity index (χ0n) is 6.57. The van der Waals surface area contributed by atoms with Gasteiger partial charge in [-0.2, -0.15) is 5.10 Å². The number of primary amides is 1. The van der Waals surface area contributed by atoms with Crippen molar-refractivity contribution in [2.24, 2.45) is 5.73 Å². The molecule has 2 N–H and O–H groups in total. The number of halogens is 1. The maximum absolute atomic E-state index is 10.9. The van der Waals surface area contributed by atoms with Crippen LogP contribution in [-0.4, -0.2) is 15.5 Å². The van der Waals surface area contributed by atoms with Gasteiger partial charge in [0.05, 0.1) is 21.7 Å². The molecule has 2 aromatic rings. The van der Waals surface area contributed by atoms with E-state index in [1.165, 1.54) is 0 Å². The number of pyridine rings is 1. The van der Waals surface area contributed by atoms with Gasteiger partial charge in [0.15, 0.2) is 0 Å². The second kappa shape index (κ2) is 2.85. The molecule has 2 rings (SSSR count). The molecule has 5 heteroatoms. The van der Waals surface area contributed by atoms with Gasteiger partial charge >= 0.3 is 0 Å². The summed E-state index contributed by atoms with van der Waals surface area (Å²) in [6.07, 6.45) is 3.35. The van der Waals surface area contributed by atoms with Gasteiger partial charge in [-0.3, -0.25) is 4.79 Å². The molecule has 0 radical (unpaired) electrons.